The number of aromatic hydroxyl groups is 1. The van der Waals surface area contributed by atoms with Crippen molar-refractivity contribution in [2.45, 2.75) is 47.5 Å². The van der Waals surface area contributed by atoms with E-state index in [1.54, 1.807) is 6.07 Å². The minimum atomic E-state index is -0.0183. The van der Waals surface area contributed by atoms with E-state index >= 15 is 0 Å². The molecule has 3 aromatic carbocycles. The number of aryl methyl sites for hydroxylation is 4. The van der Waals surface area contributed by atoms with Gasteiger partial charge in [0, 0.05) is 11.5 Å². The third kappa shape index (κ3) is 3.26. The predicted molar refractivity (Wildman–Crippen MR) is 108 cm³/mol. The first kappa shape index (κ1) is 18.3. The molecule has 0 aliphatic carbocycles. The highest BCUT2D eigenvalue weighted by atomic mass is 16.3. The van der Waals surface area contributed by atoms with Gasteiger partial charge in [-0.1, -0.05) is 30.3 Å². The molecule has 0 saturated carbocycles. The van der Waals surface area contributed by atoms with Crippen LogP contribution in [0.2, 0.25) is 0 Å². The fraction of sp³-hybridized carbons (Fsp3) is 0.280. The number of hydrogen-bond acceptors (Lipinski definition) is 1. The van der Waals surface area contributed by atoms with Gasteiger partial charge in [0.05, 0.1) is 0 Å². The Morgan fingerprint density at radius 1 is 0.692 bits per heavy atom. The van der Waals surface area contributed by atoms with Crippen LogP contribution in [-0.2, 0) is 0 Å². The van der Waals surface area contributed by atoms with E-state index in [2.05, 4.69) is 65.8 Å². The van der Waals surface area contributed by atoms with Crippen LogP contribution >= 0.6 is 0 Å². The molecule has 0 unspecified atom stereocenters. The van der Waals surface area contributed by atoms with E-state index in [1.165, 1.54) is 22.3 Å². The maximum absolute atomic E-state index is 10.6. The number of rotatable bonds is 3. The van der Waals surface area contributed by atoms with Crippen LogP contribution in [0, 0.1) is 53.7 Å². The van der Waals surface area contributed by atoms with Crippen LogP contribution in [0.3, 0.4) is 0 Å². The summed E-state index contributed by atoms with van der Waals surface area (Å²) in [6, 6.07) is 18.9. The highest BCUT2D eigenvalue weighted by Crippen LogP contribution is 2.41. The molecule has 0 aliphatic rings. The predicted octanol–water partition coefficient (Wildman–Crippen LogP) is 6.02. The molecule has 0 amide bonds. The van der Waals surface area contributed by atoms with Gasteiger partial charge in [-0.25, -0.2) is 0 Å². The molecule has 0 aliphatic heterocycles. The lowest BCUT2D eigenvalue weighted by Gasteiger charge is -2.26. The number of phenols is 1. The van der Waals surface area contributed by atoms with Crippen LogP contribution in [0.5, 0.6) is 5.75 Å². The molecule has 26 heavy (non-hydrogen) atoms. The Bertz CT molecular complexity index is 909. The smallest absolute Gasteiger partial charge is 0.119 e. The van der Waals surface area contributed by atoms with Crippen molar-refractivity contribution in [3.8, 4) is 5.75 Å². The summed E-state index contributed by atoms with van der Waals surface area (Å²) in [5.74, 6) is 0.317. The van der Waals surface area contributed by atoms with Crippen molar-refractivity contribution in [3.63, 3.8) is 0 Å². The van der Waals surface area contributed by atoms with E-state index in [9.17, 15) is 5.11 Å². The molecule has 2 radical (unpaired) electrons. The van der Waals surface area contributed by atoms with E-state index in [4.69, 9.17) is 0 Å². The van der Waals surface area contributed by atoms with Gasteiger partial charge in [-0.05, 0) is 104 Å². The molecule has 0 spiro atoms. The van der Waals surface area contributed by atoms with E-state index in [0.717, 1.165) is 27.8 Å². The lowest BCUT2D eigenvalue weighted by Crippen LogP contribution is -2.10. The molecule has 0 fully saturated rings. The molecule has 1 N–H and O–H groups in total. The van der Waals surface area contributed by atoms with Crippen molar-refractivity contribution in [3.05, 3.63) is 98.6 Å². The van der Waals surface area contributed by atoms with Gasteiger partial charge in [-0.3, -0.25) is 0 Å². The van der Waals surface area contributed by atoms with Gasteiger partial charge in [-0.15, -0.1) is 0 Å². The van der Waals surface area contributed by atoms with Crippen LogP contribution in [-0.4, -0.2) is 5.11 Å². The highest BCUT2D eigenvalue weighted by Gasteiger charge is 2.24. The molecule has 0 heterocycles. The number of para-hydroxylation sites is 1. The summed E-state index contributed by atoms with van der Waals surface area (Å²) in [6.07, 6.45) is 0. The SMILES string of the molecule is Cc1[c]c(C)c(C)c(C(c2ccccc2O)c2cc(C)[c]c(C)c2C)c1. The second kappa shape index (κ2) is 6.99. The summed E-state index contributed by atoms with van der Waals surface area (Å²) in [7, 11) is 0. The van der Waals surface area contributed by atoms with Crippen LogP contribution in [0.25, 0.3) is 0 Å². The van der Waals surface area contributed by atoms with Gasteiger partial charge in [-0.2, -0.15) is 0 Å². The summed E-state index contributed by atoms with van der Waals surface area (Å²) in [5.41, 5.74) is 10.4. The normalized spacial score (nSPS) is 11.2. The molecule has 0 saturated heterocycles. The molecule has 3 rings (SSSR count). The fourth-order valence-corrected chi connectivity index (χ4v) is 3.80. The molecule has 0 bridgehead atoms. The van der Waals surface area contributed by atoms with E-state index in [1.807, 2.05) is 18.2 Å². The monoisotopic (exact) mass is 342 g/mol. The molecular formula is C25H26O. The Morgan fingerprint density at radius 2 is 1.15 bits per heavy atom. The Kier molecular flexibility index (Phi) is 4.91. The zero-order valence-corrected chi connectivity index (χ0v) is 16.5. The molecule has 1 heteroatoms. The van der Waals surface area contributed by atoms with Gasteiger partial charge in [0.1, 0.15) is 5.75 Å². The zero-order chi connectivity index (χ0) is 19.0. The van der Waals surface area contributed by atoms with Crippen molar-refractivity contribution in [1.29, 1.82) is 0 Å². The van der Waals surface area contributed by atoms with Crippen molar-refractivity contribution < 1.29 is 5.11 Å². The molecule has 1 nitrogen and oxygen atoms in total. The Balaban J connectivity index is 2.38. The lowest BCUT2D eigenvalue weighted by atomic mass is 9.78. The average Bonchev–Trinajstić information content (AvgIpc) is 2.58. The van der Waals surface area contributed by atoms with E-state index in [-0.39, 0.29) is 5.92 Å². The maximum Gasteiger partial charge on any atom is 0.119 e. The van der Waals surface area contributed by atoms with Crippen molar-refractivity contribution >= 4 is 0 Å². The number of phenolic OH excluding ortho intramolecular Hbond substituents is 1. The molecule has 3 aromatic rings. The second-order valence-electron chi connectivity index (χ2n) is 7.31. The van der Waals surface area contributed by atoms with Crippen LogP contribution in [0.15, 0.2) is 36.4 Å². The maximum atomic E-state index is 10.6. The Hall–Kier alpha value is -2.54. The van der Waals surface area contributed by atoms with Gasteiger partial charge in [0.2, 0.25) is 0 Å². The van der Waals surface area contributed by atoms with E-state index in [0.29, 0.717) is 5.75 Å². The summed E-state index contributed by atoms with van der Waals surface area (Å²) in [6.45, 7) is 12.7. The molecule has 0 aromatic heterocycles. The van der Waals surface area contributed by atoms with Gasteiger partial charge in [0.25, 0.3) is 0 Å². The molecule has 0 atom stereocenters. The van der Waals surface area contributed by atoms with Crippen LogP contribution in [0.4, 0.5) is 0 Å². The number of hydrogen-bond donors (Lipinski definition) is 1. The molecule has 132 valence electrons. The first-order valence-electron chi connectivity index (χ1n) is 9.07. The standard InChI is InChI=1S/C25H26O/c1-15-11-17(3)19(5)22(13-15)25(21-9-7-8-10-24(21)26)23-14-16(2)12-18(4)20(23)6/h7-10,13-14,25-26H,1-6H3. The summed E-state index contributed by atoms with van der Waals surface area (Å²) >= 11 is 0. The lowest BCUT2D eigenvalue weighted by molar-refractivity contribution is 0.467. The Labute approximate surface area is 157 Å². The van der Waals surface area contributed by atoms with Crippen molar-refractivity contribution in [1.82, 2.24) is 0 Å². The van der Waals surface area contributed by atoms with Gasteiger partial charge >= 0.3 is 0 Å². The Morgan fingerprint density at radius 3 is 1.62 bits per heavy atom. The van der Waals surface area contributed by atoms with Crippen LogP contribution < -0.4 is 0 Å². The quantitative estimate of drug-likeness (QED) is 0.577. The zero-order valence-electron chi connectivity index (χ0n) is 16.5. The van der Waals surface area contributed by atoms with Crippen molar-refractivity contribution in [2.75, 3.05) is 0 Å². The largest absolute Gasteiger partial charge is 0.508 e. The first-order valence-corrected chi connectivity index (χ1v) is 9.07. The van der Waals surface area contributed by atoms with E-state index < -0.39 is 0 Å². The highest BCUT2D eigenvalue weighted by molar-refractivity contribution is 5.55. The minimum absolute atomic E-state index is 0.0183. The summed E-state index contributed by atoms with van der Waals surface area (Å²) in [4.78, 5) is 0. The average molecular weight is 342 g/mol. The summed E-state index contributed by atoms with van der Waals surface area (Å²) < 4.78 is 0. The fourth-order valence-electron chi connectivity index (χ4n) is 3.80. The minimum Gasteiger partial charge on any atom is -0.508 e. The second-order valence-corrected chi connectivity index (χ2v) is 7.31. The third-order valence-corrected chi connectivity index (χ3v) is 5.37. The third-order valence-electron chi connectivity index (χ3n) is 5.37. The van der Waals surface area contributed by atoms with Gasteiger partial charge < -0.3 is 5.11 Å². The number of benzene rings is 3. The van der Waals surface area contributed by atoms with Crippen LogP contribution in [0.1, 0.15) is 56.0 Å². The first-order chi connectivity index (χ1) is 12.3. The molecular weight excluding hydrogens is 316 g/mol. The topological polar surface area (TPSA) is 20.2 Å². The van der Waals surface area contributed by atoms with Gasteiger partial charge in [0.15, 0.2) is 0 Å². The van der Waals surface area contributed by atoms with Crippen molar-refractivity contribution in [2.24, 2.45) is 0 Å². The summed E-state index contributed by atoms with van der Waals surface area (Å²) in [5, 5.41) is 10.6.